The molecule has 2 saturated carbocycles. The van der Waals surface area contributed by atoms with E-state index < -0.39 is 0 Å². The normalized spacial score (nSPS) is 22.5. The number of nitrogens with zero attached hydrogens (tertiary/aromatic N) is 2. The summed E-state index contributed by atoms with van der Waals surface area (Å²) < 4.78 is 2.39. The van der Waals surface area contributed by atoms with Gasteiger partial charge in [-0.3, -0.25) is 0 Å². The molecule has 3 nitrogen and oxygen atoms in total. The molecule has 2 aliphatic rings. The van der Waals surface area contributed by atoms with Crippen LogP contribution in [0.3, 0.4) is 0 Å². The Morgan fingerprint density at radius 1 is 1.00 bits per heavy atom. The standard InChI is InChI=1S/C16H27N3/c1-3-7-14(8-4-1)13-18-16-17-11-12-19(16)15-9-5-2-6-10-15/h11-12,14-15H,1-10,13H2,(H,17,18). The second-order valence-electron chi connectivity index (χ2n) is 6.33. The van der Waals surface area contributed by atoms with Gasteiger partial charge in [0.1, 0.15) is 0 Å². The molecule has 3 rings (SSSR count). The molecule has 1 heterocycles. The van der Waals surface area contributed by atoms with Gasteiger partial charge in [0.25, 0.3) is 0 Å². The van der Waals surface area contributed by atoms with E-state index in [0.29, 0.717) is 6.04 Å². The third kappa shape index (κ3) is 3.31. The quantitative estimate of drug-likeness (QED) is 0.871. The molecule has 0 saturated heterocycles. The predicted octanol–water partition coefficient (Wildman–Crippen LogP) is 4.38. The van der Waals surface area contributed by atoms with Crippen molar-refractivity contribution in [2.75, 3.05) is 11.9 Å². The first-order valence-electron chi connectivity index (χ1n) is 8.20. The Hall–Kier alpha value is -0.990. The first-order chi connectivity index (χ1) is 9.43. The van der Waals surface area contributed by atoms with Crippen LogP contribution in [0.5, 0.6) is 0 Å². The molecular weight excluding hydrogens is 234 g/mol. The Morgan fingerprint density at radius 3 is 2.42 bits per heavy atom. The van der Waals surface area contributed by atoms with Crippen LogP contribution in [0.25, 0.3) is 0 Å². The average Bonchev–Trinajstić information content (AvgIpc) is 2.95. The molecule has 2 aliphatic carbocycles. The Bertz CT molecular complexity index is 373. The molecule has 1 N–H and O–H groups in total. The van der Waals surface area contributed by atoms with Gasteiger partial charge in [0, 0.05) is 25.0 Å². The minimum absolute atomic E-state index is 0.685. The van der Waals surface area contributed by atoms with E-state index in [1.165, 1.54) is 64.2 Å². The maximum absolute atomic E-state index is 4.53. The van der Waals surface area contributed by atoms with Gasteiger partial charge in [0.05, 0.1) is 0 Å². The lowest BCUT2D eigenvalue weighted by molar-refractivity contribution is 0.351. The van der Waals surface area contributed by atoms with E-state index in [-0.39, 0.29) is 0 Å². The number of rotatable bonds is 4. The van der Waals surface area contributed by atoms with Crippen LogP contribution in [-0.2, 0) is 0 Å². The van der Waals surface area contributed by atoms with E-state index in [4.69, 9.17) is 0 Å². The molecule has 0 unspecified atom stereocenters. The zero-order valence-electron chi connectivity index (χ0n) is 12.0. The maximum atomic E-state index is 4.53. The van der Waals surface area contributed by atoms with Gasteiger partial charge in [-0.25, -0.2) is 4.98 Å². The Balaban J connectivity index is 1.56. The number of aromatic nitrogens is 2. The Labute approximate surface area is 116 Å². The summed E-state index contributed by atoms with van der Waals surface area (Å²) in [5.74, 6) is 1.97. The van der Waals surface area contributed by atoms with Gasteiger partial charge in [0.15, 0.2) is 0 Å². The monoisotopic (exact) mass is 261 g/mol. The average molecular weight is 261 g/mol. The van der Waals surface area contributed by atoms with Crippen LogP contribution in [0.4, 0.5) is 5.95 Å². The van der Waals surface area contributed by atoms with Crippen molar-refractivity contribution in [1.82, 2.24) is 9.55 Å². The first-order valence-corrected chi connectivity index (χ1v) is 8.20. The lowest BCUT2D eigenvalue weighted by atomic mass is 9.89. The topological polar surface area (TPSA) is 29.9 Å². The van der Waals surface area contributed by atoms with Gasteiger partial charge in [0.2, 0.25) is 5.95 Å². The molecule has 0 amide bonds. The van der Waals surface area contributed by atoms with Crippen LogP contribution < -0.4 is 5.32 Å². The van der Waals surface area contributed by atoms with E-state index in [2.05, 4.69) is 21.1 Å². The SMILES string of the molecule is c1cn(C2CCCCC2)c(NCC2CCCCC2)n1. The molecule has 106 valence electrons. The fourth-order valence-electron chi connectivity index (χ4n) is 3.73. The van der Waals surface area contributed by atoms with Gasteiger partial charge in [-0.2, -0.15) is 0 Å². The Kier molecular flexibility index (Phi) is 4.41. The molecule has 0 radical (unpaired) electrons. The number of hydrogen-bond acceptors (Lipinski definition) is 2. The molecule has 2 fully saturated rings. The number of anilines is 1. The van der Waals surface area contributed by atoms with Crippen LogP contribution in [-0.4, -0.2) is 16.1 Å². The van der Waals surface area contributed by atoms with Crippen molar-refractivity contribution in [3.05, 3.63) is 12.4 Å². The summed E-state index contributed by atoms with van der Waals surface area (Å²) in [6.45, 7) is 1.11. The van der Waals surface area contributed by atoms with Crippen LogP contribution in [0.2, 0.25) is 0 Å². The van der Waals surface area contributed by atoms with Gasteiger partial charge < -0.3 is 9.88 Å². The summed E-state index contributed by atoms with van der Waals surface area (Å²) >= 11 is 0. The lowest BCUT2D eigenvalue weighted by Gasteiger charge is -2.26. The highest BCUT2D eigenvalue weighted by Crippen LogP contribution is 2.30. The van der Waals surface area contributed by atoms with E-state index in [9.17, 15) is 0 Å². The Morgan fingerprint density at radius 2 is 1.68 bits per heavy atom. The number of hydrogen-bond donors (Lipinski definition) is 1. The van der Waals surface area contributed by atoms with Crippen LogP contribution >= 0.6 is 0 Å². The van der Waals surface area contributed by atoms with E-state index >= 15 is 0 Å². The van der Waals surface area contributed by atoms with Crippen molar-refractivity contribution in [3.63, 3.8) is 0 Å². The van der Waals surface area contributed by atoms with Gasteiger partial charge >= 0.3 is 0 Å². The highest BCUT2D eigenvalue weighted by atomic mass is 15.2. The number of imidazole rings is 1. The summed E-state index contributed by atoms with van der Waals surface area (Å²) in [6, 6.07) is 0.685. The van der Waals surface area contributed by atoms with Crippen molar-refractivity contribution in [3.8, 4) is 0 Å². The summed E-state index contributed by atoms with van der Waals surface area (Å²) in [6.07, 6.45) is 18.0. The van der Waals surface area contributed by atoms with Gasteiger partial charge in [-0.15, -0.1) is 0 Å². The van der Waals surface area contributed by atoms with Crippen LogP contribution in [0, 0.1) is 5.92 Å². The van der Waals surface area contributed by atoms with Crippen molar-refractivity contribution >= 4 is 5.95 Å². The lowest BCUT2D eigenvalue weighted by Crippen LogP contribution is -2.21. The molecular formula is C16H27N3. The summed E-state index contributed by atoms with van der Waals surface area (Å²) in [4.78, 5) is 4.53. The highest BCUT2D eigenvalue weighted by Gasteiger charge is 2.19. The van der Waals surface area contributed by atoms with Gasteiger partial charge in [-0.05, 0) is 31.6 Å². The molecule has 0 spiro atoms. The van der Waals surface area contributed by atoms with E-state index in [1.54, 1.807) is 0 Å². The number of nitrogens with one attached hydrogen (secondary N) is 1. The van der Waals surface area contributed by atoms with Crippen LogP contribution in [0.15, 0.2) is 12.4 Å². The molecule has 0 bridgehead atoms. The summed E-state index contributed by atoms with van der Waals surface area (Å²) in [5, 5.41) is 3.61. The molecule has 0 atom stereocenters. The van der Waals surface area contributed by atoms with Crippen molar-refractivity contribution in [2.45, 2.75) is 70.3 Å². The molecule has 0 aliphatic heterocycles. The smallest absolute Gasteiger partial charge is 0.203 e. The fourth-order valence-corrected chi connectivity index (χ4v) is 3.73. The second kappa shape index (κ2) is 6.44. The summed E-state index contributed by atoms with van der Waals surface area (Å²) in [7, 11) is 0. The van der Waals surface area contributed by atoms with Crippen molar-refractivity contribution in [1.29, 1.82) is 0 Å². The summed E-state index contributed by atoms with van der Waals surface area (Å²) in [5.41, 5.74) is 0. The first kappa shape index (κ1) is 13.0. The molecule has 3 heteroatoms. The van der Waals surface area contributed by atoms with Crippen molar-refractivity contribution in [2.24, 2.45) is 5.92 Å². The minimum atomic E-state index is 0.685. The van der Waals surface area contributed by atoms with Crippen LogP contribution in [0.1, 0.15) is 70.3 Å². The fraction of sp³-hybridized carbons (Fsp3) is 0.812. The minimum Gasteiger partial charge on any atom is -0.355 e. The predicted molar refractivity (Wildman–Crippen MR) is 79.4 cm³/mol. The molecule has 19 heavy (non-hydrogen) atoms. The second-order valence-corrected chi connectivity index (χ2v) is 6.33. The third-order valence-electron chi connectivity index (χ3n) is 4.91. The van der Waals surface area contributed by atoms with Crippen molar-refractivity contribution < 1.29 is 0 Å². The van der Waals surface area contributed by atoms with E-state index in [0.717, 1.165) is 18.4 Å². The maximum Gasteiger partial charge on any atom is 0.203 e. The molecule has 1 aromatic rings. The molecule has 1 aromatic heterocycles. The third-order valence-corrected chi connectivity index (χ3v) is 4.91. The zero-order valence-corrected chi connectivity index (χ0v) is 12.0. The van der Waals surface area contributed by atoms with E-state index in [1.807, 2.05) is 6.20 Å². The largest absolute Gasteiger partial charge is 0.355 e. The molecule has 0 aromatic carbocycles. The van der Waals surface area contributed by atoms with Gasteiger partial charge in [-0.1, -0.05) is 38.5 Å². The highest BCUT2D eigenvalue weighted by molar-refractivity contribution is 5.27. The zero-order chi connectivity index (χ0) is 12.9.